The van der Waals surface area contributed by atoms with Gasteiger partial charge in [0.15, 0.2) is 0 Å². The van der Waals surface area contributed by atoms with Crippen LogP contribution in [0.5, 0.6) is 0 Å². The van der Waals surface area contributed by atoms with E-state index in [2.05, 4.69) is 27.7 Å². The van der Waals surface area contributed by atoms with Gasteiger partial charge in [-0.05, 0) is 24.7 Å². The van der Waals surface area contributed by atoms with E-state index in [4.69, 9.17) is 9.47 Å². The highest BCUT2D eigenvalue weighted by Gasteiger charge is 2.12. The highest BCUT2D eigenvalue weighted by molar-refractivity contribution is 5.69. The van der Waals surface area contributed by atoms with Crippen LogP contribution in [0.3, 0.4) is 0 Å². The van der Waals surface area contributed by atoms with Crippen LogP contribution in [0.25, 0.3) is 0 Å². The molecule has 0 saturated carbocycles. The van der Waals surface area contributed by atoms with Crippen LogP contribution in [0.1, 0.15) is 150 Å². The monoisotopic (exact) mass is 498 g/mol. The Kier molecular flexibility index (Phi) is 23.8. The molecule has 2 atom stereocenters. The lowest BCUT2D eigenvalue weighted by Gasteiger charge is -2.12. The van der Waals surface area contributed by atoms with Crippen molar-refractivity contribution in [1.82, 2.24) is 0 Å². The molecule has 0 saturated heterocycles. The number of unbranched alkanes of at least 4 members (excludes halogenated alkanes) is 12. The Bertz CT molecular complexity index is 491. The number of aliphatic hydroxyl groups is 1. The van der Waals surface area contributed by atoms with Crippen molar-refractivity contribution in [2.45, 2.75) is 156 Å². The van der Waals surface area contributed by atoms with Gasteiger partial charge in [-0.1, -0.05) is 124 Å². The zero-order valence-electron chi connectivity index (χ0n) is 23.7. The molecular formula is C30H58O5. The second-order valence-corrected chi connectivity index (χ2v) is 11.0. The Morgan fingerprint density at radius 3 is 1.37 bits per heavy atom. The number of rotatable bonds is 25. The molecule has 5 nitrogen and oxygen atoms in total. The number of hydrogen-bond acceptors (Lipinski definition) is 5. The van der Waals surface area contributed by atoms with Crippen LogP contribution >= 0.6 is 0 Å². The van der Waals surface area contributed by atoms with Gasteiger partial charge < -0.3 is 14.6 Å². The van der Waals surface area contributed by atoms with Crippen molar-refractivity contribution in [3.63, 3.8) is 0 Å². The fourth-order valence-corrected chi connectivity index (χ4v) is 4.13. The molecular weight excluding hydrogens is 440 g/mol. The summed E-state index contributed by atoms with van der Waals surface area (Å²) in [5, 5.41) is 9.90. The van der Waals surface area contributed by atoms with Gasteiger partial charge in [-0.2, -0.15) is 0 Å². The first-order valence-corrected chi connectivity index (χ1v) is 14.8. The SMILES string of the molecule is CCC(C)CCCCCCCCC(=O)OC[C@H](O)COC(=O)CCCCCCCCCCC(C)C. The average Bonchev–Trinajstić information content (AvgIpc) is 2.83. The largest absolute Gasteiger partial charge is 0.463 e. The zero-order valence-corrected chi connectivity index (χ0v) is 23.7. The molecule has 1 N–H and O–H groups in total. The van der Waals surface area contributed by atoms with Crippen LogP contribution in [0.15, 0.2) is 0 Å². The molecule has 0 spiro atoms. The second kappa shape index (κ2) is 24.6. The Morgan fingerprint density at radius 1 is 0.600 bits per heavy atom. The van der Waals surface area contributed by atoms with Gasteiger partial charge in [-0.15, -0.1) is 0 Å². The Balaban J connectivity index is 3.47. The minimum atomic E-state index is -0.955. The first-order valence-electron chi connectivity index (χ1n) is 14.8. The molecule has 0 bridgehead atoms. The summed E-state index contributed by atoms with van der Waals surface area (Å²) in [6, 6.07) is 0. The van der Waals surface area contributed by atoms with Gasteiger partial charge in [-0.25, -0.2) is 0 Å². The van der Waals surface area contributed by atoms with E-state index in [1.54, 1.807) is 0 Å². The maximum atomic E-state index is 11.8. The van der Waals surface area contributed by atoms with E-state index in [0.717, 1.165) is 50.4 Å². The molecule has 0 amide bonds. The van der Waals surface area contributed by atoms with Gasteiger partial charge in [0, 0.05) is 12.8 Å². The van der Waals surface area contributed by atoms with Crippen molar-refractivity contribution in [2.75, 3.05) is 13.2 Å². The smallest absolute Gasteiger partial charge is 0.305 e. The molecule has 35 heavy (non-hydrogen) atoms. The summed E-state index contributed by atoms with van der Waals surface area (Å²) in [5.74, 6) is 1.07. The van der Waals surface area contributed by atoms with Crippen LogP contribution in [0.2, 0.25) is 0 Å². The predicted octanol–water partition coefficient (Wildman–Crippen LogP) is 8.16. The highest BCUT2D eigenvalue weighted by atomic mass is 16.6. The Morgan fingerprint density at radius 2 is 0.971 bits per heavy atom. The minimum Gasteiger partial charge on any atom is -0.463 e. The van der Waals surface area contributed by atoms with Crippen LogP contribution in [-0.2, 0) is 19.1 Å². The van der Waals surface area contributed by atoms with Crippen molar-refractivity contribution in [1.29, 1.82) is 0 Å². The van der Waals surface area contributed by atoms with Gasteiger partial charge >= 0.3 is 11.9 Å². The molecule has 0 aliphatic rings. The van der Waals surface area contributed by atoms with Gasteiger partial charge in [-0.3, -0.25) is 9.59 Å². The number of hydrogen-bond donors (Lipinski definition) is 1. The average molecular weight is 499 g/mol. The van der Waals surface area contributed by atoms with Crippen molar-refractivity contribution >= 4 is 11.9 Å². The normalized spacial score (nSPS) is 13.1. The summed E-state index contributed by atoms with van der Waals surface area (Å²) >= 11 is 0. The van der Waals surface area contributed by atoms with Crippen molar-refractivity contribution in [3.8, 4) is 0 Å². The van der Waals surface area contributed by atoms with E-state index < -0.39 is 6.10 Å². The number of ether oxygens (including phenoxy) is 2. The zero-order chi connectivity index (χ0) is 26.2. The molecule has 0 aromatic heterocycles. The third-order valence-electron chi connectivity index (χ3n) is 6.81. The predicted molar refractivity (Wildman–Crippen MR) is 145 cm³/mol. The maximum absolute atomic E-state index is 11.8. The van der Waals surface area contributed by atoms with Gasteiger partial charge in [0.05, 0.1) is 0 Å². The molecule has 0 aliphatic heterocycles. The standard InChI is InChI=1S/C30H58O5/c1-5-27(4)21-17-13-10-11-15-19-23-30(33)35-25-28(31)24-34-29(32)22-18-14-9-7-6-8-12-16-20-26(2)3/h26-28,31H,5-25H2,1-4H3/t27?,28-/m1/s1. The summed E-state index contributed by atoms with van der Waals surface area (Å²) in [5.41, 5.74) is 0. The summed E-state index contributed by atoms with van der Waals surface area (Å²) in [7, 11) is 0. The lowest BCUT2D eigenvalue weighted by molar-refractivity contribution is -0.152. The first-order chi connectivity index (χ1) is 16.8. The minimum absolute atomic E-state index is 0.112. The molecule has 5 heteroatoms. The Labute approximate surface area is 217 Å². The second-order valence-electron chi connectivity index (χ2n) is 11.0. The van der Waals surface area contributed by atoms with E-state index in [0.29, 0.717) is 12.8 Å². The summed E-state index contributed by atoms with van der Waals surface area (Å²) in [6.45, 7) is 8.89. The molecule has 0 radical (unpaired) electrons. The highest BCUT2D eigenvalue weighted by Crippen LogP contribution is 2.15. The van der Waals surface area contributed by atoms with E-state index >= 15 is 0 Å². The fraction of sp³-hybridized carbons (Fsp3) is 0.933. The quantitative estimate of drug-likeness (QED) is 0.101. The first kappa shape index (κ1) is 33.9. The van der Waals surface area contributed by atoms with E-state index in [1.165, 1.54) is 70.6 Å². The van der Waals surface area contributed by atoms with Crippen molar-refractivity contribution < 1.29 is 24.2 Å². The van der Waals surface area contributed by atoms with Gasteiger partial charge in [0.25, 0.3) is 0 Å². The van der Waals surface area contributed by atoms with Crippen LogP contribution in [-0.4, -0.2) is 36.4 Å². The van der Waals surface area contributed by atoms with Crippen LogP contribution in [0, 0.1) is 11.8 Å². The Hall–Kier alpha value is -1.10. The molecule has 0 fully saturated rings. The van der Waals surface area contributed by atoms with Gasteiger partial charge in [0.1, 0.15) is 19.3 Å². The van der Waals surface area contributed by atoms with E-state index in [-0.39, 0.29) is 25.2 Å². The summed E-state index contributed by atoms with van der Waals surface area (Å²) in [6.07, 6.45) is 20.1. The lowest BCUT2D eigenvalue weighted by atomic mass is 10.00. The lowest BCUT2D eigenvalue weighted by Crippen LogP contribution is -2.25. The van der Waals surface area contributed by atoms with Gasteiger partial charge in [0.2, 0.25) is 0 Å². The van der Waals surface area contributed by atoms with Crippen molar-refractivity contribution in [2.24, 2.45) is 11.8 Å². The van der Waals surface area contributed by atoms with Crippen LogP contribution in [0.4, 0.5) is 0 Å². The molecule has 0 heterocycles. The molecule has 0 aliphatic carbocycles. The number of carbonyl (C=O) groups excluding carboxylic acids is 2. The summed E-state index contributed by atoms with van der Waals surface area (Å²) < 4.78 is 10.2. The number of esters is 2. The molecule has 0 aromatic carbocycles. The third kappa shape index (κ3) is 25.8. The molecule has 0 rings (SSSR count). The molecule has 208 valence electrons. The maximum Gasteiger partial charge on any atom is 0.305 e. The van der Waals surface area contributed by atoms with E-state index in [1.807, 2.05) is 0 Å². The summed E-state index contributed by atoms with van der Waals surface area (Å²) in [4.78, 5) is 23.6. The van der Waals surface area contributed by atoms with Crippen LogP contribution < -0.4 is 0 Å². The number of carbonyl (C=O) groups is 2. The third-order valence-corrected chi connectivity index (χ3v) is 6.81. The topological polar surface area (TPSA) is 72.8 Å². The molecule has 1 unspecified atom stereocenters. The van der Waals surface area contributed by atoms with E-state index in [9.17, 15) is 14.7 Å². The number of aliphatic hydroxyl groups excluding tert-OH is 1. The molecule has 0 aromatic rings. The fourth-order valence-electron chi connectivity index (χ4n) is 4.13. The van der Waals surface area contributed by atoms with Crippen molar-refractivity contribution in [3.05, 3.63) is 0 Å².